The smallest absolute Gasteiger partial charge is 0.275 e. The van der Waals surface area contributed by atoms with Crippen LogP contribution in [0.15, 0.2) is 48.7 Å². The van der Waals surface area contributed by atoms with Gasteiger partial charge in [0.2, 0.25) is 0 Å². The van der Waals surface area contributed by atoms with Crippen molar-refractivity contribution in [2.75, 3.05) is 31.6 Å². The third kappa shape index (κ3) is 3.54. The SMILES string of the molecule is Cn1nc(C(=O)N2CCCC3(CC(CNc4ccccn4)CO3)C2)c2ccccc21. The van der Waals surface area contributed by atoms with Crippen LogP contribution in [0.3, 0.4) is 0 Å². The highest BCUT2D eigenvalue weighted by Gasteiger charge is 2.44. The number of nitrogens with one attached hydrogen (secondary N) is 1. The molecule has 2 aliphatic heterocycles. The summed E-state index contributed by atoms with van der Waals surface area (Å²) in [4.78, 5) is 19.6. The Bertz CT molecular complexity index is 1050. The summed E-state index contributed by atoms with van der Waals surface area (Å²) in [6.45, 7) is 2.94. The third-order valence-electron chi connectivity index (χ3n) is 6.31. The number of ether oxygens (including phenoxy) is 1. The van der Waals surface area contributed by atoms with E-state index in [0.717, 1.165) is 49.1 Å². The monoisotopic (exact) mass is 405 g/mol. The lowest BCUT2D eigenvalue weighted by molar-refractivity contribution is -0.0450. The first kappa shape index (κ1) is 19.1. The van der Waals surface area contributed by atoms with Crippen LogP contribution in [0.5, 0.6) is 0 Å². The summed E-state index contributed by atoms with van der Waals surface area (Å²) < 4.78 is 8.10. The number of benzene rings is 1. The number of para-hydroxylation sites is 1. The second-order valence-corrected chi connectivity index (χ2v) is 8.48. The topological polar surface area (TPSA) is 72.3 Å². The first-order valence-corrected chi connectivity index (χ1v) is 10.6. The van der Waals surface area contributed by atoms with Crippen LogP contribution in [0.2, 0.25) is 0 Å². The standard InChI is InChI=1S/C23H27N5O2/c1-27-19-8-3-2-7-18(19)21(26-27)22(29)28-12-6-10-23(16-28)13-17(15-30-23)14-25-20-9-4-5-11-24-20/h2-5,7-9,11,17H,6,10,12-16H2,1H3,(H,24,25). The molecule has 0 aliphatic carbocycles. The minimum absolute atomic E-state index is 0.00420. The molecule has 7 nitrogen and oxygen atoms in total. The molecule has 2 aromatic heterocycles. The molecule has 1 spiro atoms. The molecule has 3 aromatic rings. The highest BCUT2D eigenvalue weighted by atomic mass is 16.5. The number of rotatable bonds is 4. The van der Waals surface area contributed by atoms with E-state index in [2.05, 4.69) is 15.4 Å². The van der Waals surface area contributed by atoms with E-state index < -0.39 is 0 Å². The van der Waals surface area contributed by atoms with E-state index in [1.165, 1.54) is 0 Å². The van der Waals surface area contributed by atoms with Gasteiger partial charge in [-0.15, -0.1) is 0 Å². The van der Waals surface area contributed by atoms with E-state index in [0.29, 0.717) is 24.8 Å². The second kappa shape index (κ2) is 7.72. The van der Waals surface area contributed by atoms with Crippen LogP contribution in [0.25, 0.3) is 10.9 Å². The number of piperidine rings is 1. The van der Waals surface area contributed by atoms with Crippen LogP contribution in [0.4, 0.5) is 5.82 Å². The molecular weight excluding hydrogens is 378 g/mol. The van der Waals surface area contributed by atoms with E-state index in [1.807, 2.05) is 54.4 Å². The summed E-state index contributed by atoms with van der Waals surface area (Å²) in [6, 6.07) is 13.8. The van der Waals surface area contributed by atoms with Crippen molar-refractivity contribution >= 4 is 22.6 Å². The number of carbonyl (C=O) groups excluding carboxylic acids is 1. The molecule has 2 atom stereocenters. The average molecular weight is 406 g/mol. The summed E-state index contributed by atoms with van der Waals surface area (Å²) >= 11 is 0. The molecule has 5 rings (SSSR count). The maximum atomic E-state index is 13.3. The van der Waals surface area contributed by atoms with Crippen molar-refractivity contribution in [3.05, 3.63) is 54.4 Å². The molecule has 1 aromatic carbocycles. The van der Waals surface area contributed by atoms with Gasteiger partial charge < -0.3 is 15.0 Å². The quantitative estimate of drug-likeness (QED) is 0.722. The summed E-state index contributed by atoms with van der Waals surface area (Å²) in [5.74, 6) is 1.31. The average Bonchev–Trinajstić information content (AvgIpc) is 3.33. The first-order valence-electron chi connectivity index (χ1n) is 10.6. The molecule has 7 heteroatoms. The van der Waals surface area contributed by atoms with E-state index in [1.54, 1.807) is 10.9 Å². The summed E-state index contributed by atoms with van der Waals surface area (Å²) in [6.07, 6.45) is 4.71. The molecule has 4 heterocycles. The Hall–Kier alpha value is -2.93. The fraction of sp³-hybridized carbons (Fsp3) is 0.435. The van der Waals surface area contributed by atoms with E-state index in [4.69, 9.17) is 4.74 Å². The molecule has 156 valence electrons. The number of aryl methyl sites for hydroxylation is 1. The molecule has 2 fully saturated rings. The van der Waals surface area contributed by atoms with Crippen molar-refractivity contribution in [2.24, 2.45) is 13.0 Å². The van der Waals surface area contributed by atoms with Gasteiger partial charge in [0.05, 0.1) is 24.3 Å². The lowest BCUT2D eigenvalue weighted by atomic mass is 9.86. The number of pyridine rings is 1. The largest absolute Gasteiger partial charge is 0.373 e. The molecule has 2 aliphatic rings. The van der Waals surface area contributed by atoms with Crippen molar-refractivity contribution < 1.29 is 9.53 Å². The lowest BCUT2D eigenvalue weighted by Crippen LogP contribution is -2.50. The number of fused-ring (bicyclic) bond motifs is 1. The molecular formula is C23H27N5O2. The van der Waals surface area contributed by atoms with Crippen LogP contribution in [0.1, 0.15) is 29.8 Å². The second-order valence-electron chi connectivity index (χ2n) is 8.48. The Labute approximate surface area is 176 Å². The molecule has 1 N–H and O–H groups in total. The Balaban J connectivity index is 1.27. The fourth-order valence-electron chi connectivity index (χ4n) is 4.86. The van der Waals surface area contributed by atoms with Crippen LogP contribution >= 0.6 is 0 Å². The van der Waals surface area contributed by atoms with E-state index in [-0.39, 0.29) is 11.5 Å². The van der Waals surface area contributed by atoms with Crippen molar-refractivity contribution in [2.45, 2.75) is 24.9 Å². The number of anilines is 1. The van der Waals surface area contributed by atoms with Gasteiger partial charge in [-0.25, -0.2) is 4.98 Å². The van der Waals surface area contributed by atoms with Gasteiger partial charge in [-0.1, -0.05) is 24.3 Å². The predicted molar refractivity (Wildman–Crippen MR) is 115 cm³/mol. The summed E-state index contributed by atoms with van der Waals surface area (Å²) in [5, 5.41) is 8.84. The zero-order valence-corrected chi connectivity index (χ0v) is 17.3. The number of hydrogen-bond donors (Lipinski definition) is 1. The van der Waals surface area contributed by atoms with Crippen LogP contribution in [-0.2, 0) is 11.8 Å². The number of hydrogen-bond acceptors (Lipinski definition) is 5. The minimum atomic E-state index is -0.241. The zero-order valence-electron chi connectivity index (χ0n) is 17.3. The highest BCUT2D eigenvalue weighted by Crippen LogP contribution is 2.38. The van der Waals surface area contributed by atoms with E-state index >= 15 is 0 Å². The summed E-state index contributed by atoms with van der Waals surface area (Å²) in [7, 11) is 1.89. The maximum Gasteiger partial charge on any atom is 0.275 e. The molecule has 1 amide bonds. The Morgan fingerprint density at radius 1 is 1.27 bits per heavy atom. The van der Waals surface area contributed by atoms with Gasteiger partial charge >= 0.3 is 0 Å². The molecule has 0 radical (unpaired) electrons. The Morgan fingerprint density at radius 2 is 2.13 bits per heavy atom. The number of carbonyl (C=O) groups is 1. The molecule has 0 saturated carbocycles. The zero-order chi connectivity index (χ0) is 20.6. The van der Waals surface area contributed by atoms with Gasteiger partial charge in [-0.3, -0.25) is 9.48 Å². The predicted octanol–water partition coefficient (Wildman–Crippen LogP) is 3.09. The number of amides is 1. The van der Waals surface area contributed by atoms with Crippen LogP contribution in [0, 0.1) is 5.92 Å². The molecule has 0 bridgehead atoms. The number of likely N-dealkylation sites (tertiary alicyclic amines) is 1. The van der Waals surface area contributed by atoms with Gasteiger partial charge in [-0.05, 0) is 37.5 Å². The Morgan fingerprint density at radius 3 is 3.00 bits per heavy atom. The maximum absolute atomic E-state index is 13.3. The first-order chi connectivity index (χ1) is 14.6. The van der Waals surface area contributed by atoms with Crippen molar-refractivity contribution in [1.82, 2.24) is 19.7 Å². The van der Waals surface area contributed by atoms with E-state index in [9.17, 15) is 4.79 Å². The van der Waals surface area contributed by atoms with Crippen molar-refractivity contribution in [1.29, 1.82) is 0 Å². The third-order valence-corrected chi connectivity index (χ3v) is 6.31. The molecule has 2 saturated heterocycles. The number of aromatic nitrogens is 3. The van der Waals surface area contributed by atoms with Gasteiger partial charge in [0.1, 0.15) is 5.82 Å². The van der Waals surface area contributed by atoms with Gasteiger partial charge in [0.15, 0.2) is 5.69 Å². The number of nitrogens with zero attached hydrogens (tertiary/aromatic N) is 4. The summed E-state index contributed by atoms with van der Waals surface area (Å²) in [5.41, 5.74) is 1.27. The normalized spacial score (nSPS) is 23.9. The Kier molecular flexibility index (Phi) is 4.90. The fourth-order valence-corrected chi connectivity index (χ4v) is 4.86. The lowest BCUT2D eigenvalue weighted by Gasteiger charge is -2.39. The van der Waals surface area contributed by atoms with Crippen LogP contribution in [-0.4, -0.2) is 57.4 Å². The minimum Gasteiger partial charge on any atom is -0.373 e. The van der Waals surface area contributed by atoms with Crippen molar-refractivity contribution in [3.63, 3.8) is 0 Å². The molecule has 30 heavy (non-hydrogen) atoms. The van der Waals surface area contributed by atoms with Gasteiger partial charge in [0, 0.05) is 37.6 Å². The molecule has 2 unspecified atom stereocenters. The van der Waals surface area contributed by atoms with Gasteiger partial charge in [0.25, 0.3) is 5.91 Å². The van der Waals surface area contributed by atoms with Crippen LogP contribution < -0.4 is 5.32 Å². The van der Waals surface area contributed by atoms with Gasteiger partial charge in [-0.2, -0.15) is 5.10 Å². The highest BCUT2D eigenvalue weighted by molar-refractivity contribution is 6.04. The van der Waals surface area contributed by atoms with Crippen molar-refractivity contribution in [3.8, 4) is 0 Å².